The van der Waals surface area contributed by atoms with Crippen LogP contribution >= 0.6 is 0 Å². The van der Waals surface area contributed by atoms with Crippen molar-refractivity contribution in [1.29, 1.82) is 0 Å². The van der Waals surface area contributed by atoms with E-state index in [1.54, 1.807) is 6.92 Å². The molecule has 0 aromatic rings. The van der Waals surface area contributed by atoms with E-state index in [0.29, 0.717) is 12.8 Å². The van der Waals surface area contributed by atoms with Gasteiger partial charge in [-0.15, -0.1) is 0 Å². The van der Waals surface area contributed by atoms with Gasteiger partial charge in [-0.2, -0.15) is 0 Å². The summed E-state index contributed by atoms with van der Waals surface area (Å²) in [4.78, 5) is 33.0. The molecule has 0 radical (unpaired) electrons. The predicted molar refractivity (Wildman–Crippen MR) is 71.3 cm³/mol. The first-order valence-electron chi connectivity index (χ1n) is 6.92. The second kappa shape index (κ2) is 7.97. The maximum Gasteiger partial charge on any atom is 0.303 e. The Kier molecular flexibility index (Phi) is 6.61. The van der Waals surface area contributed by atoms with Crippen LogP contribution in [0.2, 0.25) is 0 Å². The van der Waals surface area contributed by atoms with E-state index in [4.69, 9.17) is 18.9 Å². The summed E-state index contributed by atoms with van der Waals surface area (Å²) in [6.45, 7) is 5.61. The van der Waals surface area contributed by atoms with Crippen molar-refractivity contribution >= 4 is 17.9 Å². The summed E-state index contributed by atoms with van der Waals surface area (Å²) in [5.41, 5.74) is 0. The average Bonchev–Trinajstić information content (AvgIpc) is 2.82. The molecule has 0 N–H and O–H groups in total. The maximum atomic E-state index is 11.1. The molecular weight excluding hydrogens is 280 g/mol. The highest BCUT2D eigenvalue weighted by Crippen LogP contribution is 2.27. The third-order valence-corrected chi connectivity index (χ3v) is 3.14. The Hall–Kier alpha value is -1.63. The minimum atomic E-state index is -0.652. The molecule has 120 valence electrons. The number of carbonyl (C=O) groups excluding carboxylic acids is 3. The number of hydrogen-bond donors (Lipinski definition) is 0. The molecule has 1 aliphatic heterocycles. The fraction of sp³-hybridized carbons (Fsp3) is 0.786. The smallest absolute Gasteiger partial charge is 0.303 e. The number of ether oxygens (including phenoxy) is 4. The van der Waals surface area contributed by atoms with Crippen molar-refractivity contribution in [1.82, 2.24) is 0 Å². The monoisotopic (exact) mass is 302 g/mol. The summed E-state index contributed by atoms with van der Waals surface area (Å²) >= 11 is 0. The van der Waals surface area contributed by atoms with Crippen molar-refractivity contribution in [3.05, 3.63) is 0 Å². The first-order chi connectivity index (χ1) is 9.79. The lowest BCUT2D eigenvalue weighted by Gasteiger charge is -2.24. The number of rotatable bonds is 6. The lowest BCUT2D eigenvalue weighted by Crippen LogP contribution is -2.37. The molecule has 0 spiro atoms. The molecule has 0 aromatic carbocycles. The summed E-state index contributed by atoms with van der Waals surface area (Å²) in [5, 5.41) is 0. The van der Waals surface area contributed by atoms with Crippen LogP contribution in [0.25, 0.3) is 0 Å². The van der Waals surface area contributed by atoms with Crippen molar-refractivity contribution in [2.75, 3.05) is 6.61 Å². The Balaban J connectivity index is 2.57. The molecule has 1 fully saturated rings. The van der Waals surface area contributed by atoms with Crippen LogP contribution in [0.4, 0.5) is 0 Å². The molecule has 1 saturated heterocycles. The van der Waals surface area contributed by atoms with E-state index >= 15 is 0 Å². The molecule has 1 heterocycles. The highest BCUT2D eigenvalue weighted by molar-refractivity contribution is 5.67. The fourth-order valence-electron chi connectivity index (χ4n) is 2.28. The van der Waals surface area contributed by atoms with Crippen LogP contribution in [0.3, 0.4) is 0 Å². The lowest BCUT2D eigenvalue weighted by atomic mass is 10.1. The van der Waals surface area contributed by atoms with Gasteiger partial charge >= 0.3 is 17.9 Å². The van der Waals surface area contributed by atoms with Crippen LogP contribution in [-0.4, -0.2) is 48.9 Å². The van der Waals surface area contributed by atoms with E-state index in [1.807, 2.05) is 0 Å². The van der Waals surface area contributed by atoms with Gasteiger partial charge in [0, 0.05) is 20.8 Å². The molecule has 0 aromatic heterocycles. The standard InChI is InChI=1S/C14H22O7/c1-8(19-10(3)16)12-5-6-13(21-12)14(20-11(4)17)7-18-9(2)15/h8,12-14H,5-7H2,1-4H3/t8-,12+,13-,14+/m1/s1. The van der Waals surface area contributed by atoms with Gasteiger partial charge in [0.25, 0.3) is 0 Å². The van der Waals surface area contributed by atoms with Gasteiger partial charge in [-0.05, 0) is 19.8 Å². The van der Waals surface area contributed by atoms with E-state index < -0.39 is 18.0 Å². The van der Waals surface area contributed by atoms with Gasteiger partial charge in [-0.25, -0.2) is 0 Å². The molecule has 1 rings (SSSR count). The SMILES string of the molecule is CC(=O)OC[C@H](OC(C)=O)[C@H]1CC[C@@H]([C@@H](C)OC(C)=O)O1. The zero-order valence-corrected chi connectivity index (χ0v) is 12.8. The van der Waals surface area contributed by atoms with Gasteiger partial charge in [-0.1, -0.05) is 0 Å². The molecule has 4 atom stereocenters. The highest BCUT2D eigenvalue weighted by atomic mass is 16.6. The number of carbonyl (C=O) groups is 3. The van der Waals surface area contributed by atoms with Crippen LogP contribution in [-0.2, 0) is 33.3 Å². The zero-order chi connectivity index (χ0) is 16.0. The first-order valence-corrected chi connectivity index (χ1v) is 6.92. The van der Waals surface area contributed by atoms with Crippen molar-refractivity contribution in [3.8, 4) is 0 Å². The summed E-state index contributed by atoms with van der Waals surface area (Å²) in [6, 6.07) is 0. The molecule has 0 aliphatic carbocycles. The molecule has 0 amide bonds. The summed E-state index contributed by atoms with van der Waals surface area (Å²) in [5.74, 6) is -1.28. The zero-order valence-electron chi connectivity index (χ0n) is 12.8. The van der Waals surface area contributed by atoms with Gasteiger partial charge in [0.05, 0.1) is 12.2 Å². The van der Waals surface area contributed by atoms with Crippen LogP contribution in [0, 0.1) is 0 Å². The number of esters is 3. The molecule has 1 aliphatic rings. The molecule has 7 nitrogen and oxygen atoms in total. The van der Waals surface area contributed by atoms with Gasteiger partial charge in [0.1, 0.15) is 12.7 Å². The molecular formula is C14H22O7. The highest BCUT2D eigenvalue weighted by Gasteiger charge is 2.37. The van der Waals surface area contributed by atoms with Crippen molar-refractivity contribution in [2.45, 2.75) is 65.0 Å². The summed E-state index contributed by atoms with van der Waals surface area (Å²) in [6.07, 6.45) is -0.349. The summed E-state index contributed by atoms with van der Waals surface area (Å²) in [7, 11) is 0. The Morgan fingerprint density at radius 1 is 1.00 bits per heavy atom. The van der Waals surface area contributed by atoms with E-state index in [1.165, 1.54) is 20.8 Å². The Bertz CT molecular complexity index is 393. The van der Waals surface area contributed by atoms with E-state index in [9.17, 15) is 14.4 Å². The fourth-order valence-corrected chi connectivity index (χ4v) is 2.28. The Morgan fingerprint density at radius 2 is 1.57 bits per heavy atom. The third kappa shape index (κ3) is 6.12. The Morgan fingerprint density at radius 3 is 2.10 bits per heavy atom. The topological polar surface area (TPSA) is 88.1 Å². The molecule has 0 bridgehead atoms. The molecule has 0 unspecified atom stereocenters. The second-order valence-electron chi connectivity index (χ2n) is 5.06. The molecule has 0 saturated carbocycles. The largest absolute Gasteiger partial charge is 0.462 e. The average molecular weight is 302 g/mol. The van der Waals surface area contributed by atoms with Crippen molar-refractivity contribution in [2.24, 2.45) is 0 Å². The maximum absolute atomic E-state index is 11.1. The first kappa shape index (κ1) is 17.4. The second-order valence-corrected chi connectivity index (χ2v) is 5.06. The minimum absolute atomic E-state index is 0.0474. The van der Waals surface area contributed by atoms with Crippen molar-refractivity contribution < 1.29 is 33.3 Å². The molecule has 21 heavy (non-hydrogen) atoms. The van der Waals surface area contributed by atoms with Crippen LogP contribution in [0.15, 0.2) is 0 Å². The van der Waals surface area contributed by atoms with Crippen LogP contribution in [0.5, 0.6) is 0 Å². The normalized spacial score (nSPS) is 24.0. The lowest BCUT2D eigenvalue weighted by molar-refractivity contribution is -0.170. The van der Waals surface area contributed by atoms with E-state index in [2.05, 4.69) is 0 Å². The Labute approximate surface area is 123 Å². The van der Waals surface area contributed by atoms with Gasteiger partial charge in [0.15, 0.2) is 6.10 Å². The van der Waals surface area contributed by atoms with Crippen LogP contribution < -0.4 is 0 Å². The number of hydrogen-bond acceptors (Lipinski definition) is 7. The predicted octanol–water partition coefficient (Wildman–Crippen LogP) is 0.980. The molecule has 7 heteroatoms. The quantitative estimate of drug-likeness (QED) is 0.534. The summed E-state index contributed by atoms with van der Waals surface area (Å²) < 4.78 is 20.9. The van der Waals surface area contributed by atoms with Gasteiger partial charge in [-0.3, -0.25) is 14.4 Å². The van der Waals surface area contributed by atoms with Crippen LogP contribution in [0.1, 0.15) is 40.5 Å². The van der Waals surface area contributed by atoms with Crippen molar-refractivity contribution in [3.63, 3.8) is 0 Å². The van der Waals surface area contributed by atoms with E-state index in [-0.39, 0.29) is 30.9 Å². The third-order valence-electron chi connectivity index (χ3n) is 3.14. The van der Waals surface area contributed by atoms with Gasteiger partial charge in [0.2, 0.25) is 0 Å². The minimum Gasteiger partial charge on any atom is -0.462 e. The van der Waals surface area contributed by atoms with Gasteiger partial charge < -0.3 is 18.9 Å². The van der Waals surface area contributed by atoms with E-state index in [0.717, 1.165) is 0 Å².